The third-order valence-electron chi connectivity index (χ3n) is 15.9. The molecule has 0 aliphatic heterocycles. The van der Waals surface area contributed by atoms with Crippen LogP contribution in [0, 0.1) is 51.2 Å². The molecule has 5 aliphatic rings. The summed E-state index contributed by atoms with van der Waals surface area (Å²) in [5, 5.41) is 13.3. The zero-order valence-electron chi connectivity index (χ0n) is 30.7. The molecule has 4 saturated carbocycles. The van der Waals surface area contributed by atoms with Crippen molar-refractivity contribution in [3.63, 3.8) is 0 Å². The van der Waals surface area contributed by atoms with E-state index in [-0.39, 0.29) is 39.4 Å². The predicted octanol–water partition coefficient (Wildman–Crippen LogP) is 11.0. The molecular weight excluding hydrogens is 633 g/mol. The van der Waals surface area contributed by atoms with E-state index in [1.165, 1.54) is 36.3 Å². The lowest BCUT2D eigenvalue weighted by atomic mass is 9.33. The summed E-state index contributed by atoms with van der Waals surface area (Å²) < 4.78 is 41.9. The number of carbonyl (C=O) groups is 1. The highest BCUT2D eigenvalue weighted by atomic mass is 19.4. The van der Waals surface area contributed by atoms with Gasteiger partial charge < -0.3 is 10.4 Å². The van der Waals surface area contributed by atoms with Gasteiger partial charge in [-0.05, 0) is 151 Å². The fraction of sp³-hybridized carbons (Fsp3) is 0.628. The molecule has 0 saturated heterocycles. The summed E-state index contributed by atoms with van der Waals surface area (Å²) in [7, 11) is 0. The number of carboxylic acids is 1. The molecule has 9 atom stereocenters. The first-order chi connectivity index (χ1) is 23.4. The van der Waals surface area contributed by atoms with Crippen LogP contribution in [0.2, 0.25) is 0 Å². The molecule has 2 aromatic rings. The van der Waals surface area contributed by atoms with Crippen LogP contribution < -0.4 is 5.32 Å². The Morgan fingerprint density at radius 3 is 2.32 bits per heavy atom. The number of rotatable bonds is 6. The lowest BCUT2D eigenvalue weighted by Crippen LogP contribution is -2.67. The number of aromatic nitrogens is 1. The number of allylic oxidation sites excluding steroid dienone is 3. The van der Waals surface area contributed by atoms with Crippen molar-refractivity contribution in [1.29, 1.82) is 0 Å². The molecule has 0 spiro atoms. The van der Waals surface area contributed by atoms with Crippen LogP contribution in [0.1, 0.15) is 127 Å². The Labute approximate surface area is 296 Å². The standard InChI is InChI=1S/C43H55F3N2O2/c1-26(2)29-16-21-42(48-25-33-31(43(44,45)46)9-8-24-47-33)23-22-40(6)32(36(29)42)14-15-35-39(5)19-17-30(27-10-12-28(13-11-27)37(49)50)38(3,4)34(39)18-20-41(35,40)7/h8-13,17,24,29,32,34-36,48H,1,14-16,18-23,25H2,2-7H3,(H,49,50)/t29-,32+,34?,35?,36?,39-,40+,41+,42-/m0/s1. The Morgan fingerprint density at radius 2 is 1.66 bits per heavy atom. The third kappa shape index (κ3) is 5.10. The molecule has 0 amide bonds. The largest absolute Gasteiger partial charge is 0.478 e. The molecule has 0 bridgehead atoms. The minimum absolute atomic E-state index is 0.0558. The molecule has 2 N–H and O–H groups in total. The number of nitrogens with one attached hydrogen (secondary N) is 1. The molecule has 270 valence electrons. The van der Waals surface area contributed by atoms with Gasteiger partial charge in [0.15, 0.2) is 0 Å². The van der Waals surface area contributed by atoms with Crippen LogP contribution in [0.15, 0.2) is 60.8 Å². The van der Waals surface area contributed by atoms with Crippen molar-refractivity contribution in [3.05, 3.63) is 83.2 Å². The topological polar surface area (TPSA) is 62.2 Å². The highest BCUT2D eigenvalue weighted by Gasteiger charge is 2.70. The molecule has 4 nitrogen and oxygen atoms in total. The first-order valence-electron chi connectivity index (χ1n) is 18.8. The van der Waals surface area contributed by atoms with Crippen molar-refractivity contribution >= 4 is 11.5 Å². The Balaban J connectivity index is 1.20. The highest BCUT2D eigenvalue weighted by molar-refractivity contribution is 5.88. The van der Waals surface area contributed by atoms with Gasteiger partial charge in [0.1, 0.15) is 0 Å². The maximum Gasteiger partial charge on any atom is 0.418 e. The third-order valence-corrected chi connectivity index (χ3v) is 15.9. The molecule has 50 heavy (non-hydrogen) atoms. The van der Waals surface area contributed by atoms with Gasteiger partial charge in [-0.25, -0.2) is 4.79 Å². The molecule has 5 aliphatic carbocycles. The Bertz CT molecular complexity index is 1710. The van der Waals surface area contributed by atoms with E-state index >= 15 is 0 Å². The van der Waals surface area contributed by atoms with Gasteiger partial charge in [-0.2, -0.15) is 13.2 Å². The number of halogens is 3. The highest BCUT2D eigenvalue weighted by Crippen LogP contribution is 2.76. The van der Waals surface area contributed by atoms with Gasteiger partial charge in [0, 0.05) is 18.3 Å². The number of hydrogen-bond donors (Lipinski definition) is 2. The summed E-state index contributed by atoms with van der Waals surface area (Å²) in [5.41, 5.74) is 3.56. The molecule has 0 radical (unpaired) electrons. The predicted molar refractivity (Wildman–Crippen MR) is 192 cm³/mol. The second-order valence-corrected chi connectivity index (χ2v) is 18.1. The van der Waals surface area contributed by atoms with E-state index in [4.69, 9.17) is 0 Å². The van der Waals surface area contributed by atoms with Crippen molar-refractivity contribution in [3.8, 4) is 0 Å². The first kappa shape index (κ1) is 35.5. The fourth-order valence-corrected chi connectivity index (χ4v) is 13.4. The van der Waals surface area contributed by atoms with Gasteiger partial charge in [0.2, 0.25) is 0 Å². The average molecular weight is 689 g/mol. The van der Waals surface area contributed by atoms with Crippen LogP contribution in [0.4, 0.5) is 13.2 Å². The second-order valence-electron chi connectivity index (χ2n) is 18.1. The van der Waals surface area contributed by atoms with Crippen molar-refractivity contribution in [2.45, 2.75) is 118 Å². The zero-order chi connectivity index (χ0) is 36.1. The van der Waals surface area contributed by atoms with E-state index in [0.29, 0.717) is 35.2 Å². The molecule has 1 aromatic carbocycles. The van der Waals surface area contributed by atoms with Gasteiger partial charge >= 0.3 is 12.1 Å². The zero-order valence-corrected chi connectivity index (χ0v) is 30.7. The summed E-state index contributed by atoms with van der Waals surface area (Å²) in [6.07, 6.45) is 9.22. The molecule has 7 rings (SSSR count). The maximum atomic E-state index is 14.0. The van der Waals surface area contributed by atoms with Crippen molar-refractivity contribution in [2.24, 2.45) is 51.2 Å². The van der Waals surface area contributed by atoms with Gasteiger partial charge in [-0.15, -0.1) is 0 Å². The molecule has 3 unspecified atom stereocenters. The summed E-state index contributed by atoms with van der Waals surface area (Å²) in [6.45, 7) is 19.4. The smallest absolute Gasteiger partial charge is 0.418 e. The maximum absolute atomic E-state index is 14.0. The molecule has 1 heterocycles. The van der Waals surface area contributed by atoms with Gasteiger partial charge in [0.25, 0.3) is 0 Å². The number of benzene rings is 1. The lowest BCUT2D eigenvalue weighted by molar-refractivity contribution is -0.219. The second kappa shape index (κ2) is 11.8. The summed E-state index contributed by atoms with van der Waals surface area (Å²) >= 11 is 0. The number of carboxylic acid groups (broad SMARTS) is 1. The van der Waals surface area contributed by atoms with E-state index in [2.05, 4.69) is 64.5 Å². The van der Waals surface area contributed by atoms with Crippen LogP contribution in [-0.2, 0) is 12.7 Å². The SMILES string of the molecule is C=C(C)[C@@H]1CC[C@]2(NCc3ncccc3C(F)(F)F)CC[C@]3(C)[C@H](CCC4[C@@]5(C)CC=C(c6ccc(C(=O)O)cc6)C(C)(C)C5CC[C@]43C)C12. The van der Waals surface area contributed by atoms with E-state index in [1.807, 2.05) is 12.1 Å². The van der Waals surface area contributed by atoms with Crippen LogP contribution >= 0.6 is 0 Å². The normalized spacial score (nSPS) is 39.0. The molecular formula is C43H55F3N2O2. The minimum atomic E-state index is -4.43. The number of alkyl halides is 3. The monoisotopic (exact) mass is 688 g/mol. The van der Waals surface area contributed by atoms with Crippen LogP contribution in [0.5, 0.6) is 0 Å². The van der Waals surface area contributed by atoms with Gasteiger partial charge in [-0.3, -0.25) is 4.98 Å². The number of hydrogen-bond acceptors (Lipinski definition) is 3. The van der Waals surface area contributed by atoms with Crippen LogP contribution in [0.3, 0.4) is 0 Å². The average Bonchev–Trinajstić information content (AvgIpc) is 3.44. The summed E-state index contributed by atoms with van der Waals surface area (Å²) in [6, 6.07) is 9.96. The number of fused-ring (bicyclic) bond motifs is 7. The van der Waals surface area contributed by atoms with Crippen LogP contribution in [-0.4, -0.2) is 21.6 Å². The van der Waals surface area contributed by atoms with Gasteiger partial charge in [-0.1, -0.05) is 65.0 Å². The Hall–Kier alpha value is -2.93. The number of pyridine rings is 1. The Morgan fingerprint density at radius 1 is 0.940 bits per heavy atom. The Kier molecular flexibility index (Phi) is 8.37. The number of aromatic carboxylic acids is 1. The summed E-state index contributed by atoms with van der Waals surface area (Å²) in [4.78, 5) is 15.8. The lowest BCUT2D eigenvalue weighted by Gasteiger charge is -2.72. The number of nitrogens with zero attached hydrogens (tertiary/aromatic N) is 1. The van der Waals surface area contributed by atoms with Crippen molar-refractivity contribution < 1.29 is 23.1 Å². The quantitative estimate of drug-likeness (QED) is 0.297. The minimum Gasteiger partial charge on any atom is -0.478 e. The molecule has 4 fully saturated rings. The van der Waals surface area contributed by atoms with Crippen molar-refractivity contribution in [1.82, 2.24) is 10.3 Å². The molecule has 1 aromatic heterocycles. The van der Waals surface area contributed by atoms with E-state index < -0.39 is 17.7 Å². The van der Waals surface area contributed by atoms with Crippen molar-refractivity contribution in [2.75, 3.05) is 0 Å². The van der Waals surface area contributed by atoms with Crippen LogP contribution in [0.25, 0.3) is 5.57 Å². The fourth-order valence-electron chi connectivity index (χ4n) is 13.4. The summed E-state index contributed by atoms with van der Waals surface area (Å²) in [5.74, 6) is 1.33. The van der Waals surface area contributed by atoms with Gasteiger partial charge in [0.05, 0.1) is 16.8 Å². The first-order valence-corrected chi connectivity index (χ1v) is 18.8. The van der Waals surface area contributed by atoms with E-state index in [0.717, 1.165) is 56.6 Å². The van der Waals surface area contributed by atoms with E-state index in [9.17, 15) is 23.1 Å². The van der Waals surface area contributed by atoms with E-state index in [1.54, 1.807) is 12.1 Å². The molecule has 7 heteroatoms.